The first-order valence-corrected chi connectivity index (χ1v) is 22.9. The van der Waals surface area contributed by atoms with Crippen molar-refractivity contribution >= 4 is 15.2 Å². The second kappa shape index (κ2) is 9.72. The van der Waals surface area contributed by atoms with E-state index in [0.29, 0.717) is 0 Å². The second-order valence-corrected chi connectivity index (χ2v) is 31.2. The van der Waals surface area contributed by atoms with E-state index in [1.54, 1.807) is 83.5 Å². The molecule has 5 fully saturated rings. The van der Waals surface area contributed by atoms with E-state index in [9.17, 15) is 0 Å². The van der Waals surface area contributed by atoms with Crippen molar-refractivity contribution in [2.75, 3.05) is 0 Å². The number of fused-ring (bicyclic) bond motifs is 4. The normalized spacial score (nSPS) is 44.7. The quantitative estimate of drug-likeness (QED) is 0.327. The van der Waals surface area contributed by atoms with Crippen LogP contribution in [0.25, 0.3) is 0 Å². The van der Waals surface area contributed by atoms with Gasteiger partial charge in [0.2, 0.25) is 0 Å². The third kappa shape index (κ3) is 4.21. The van der Waals surface area contributed by atoms with Crippen molar-refractivity contribution < 1.29 is 0 Å². The molecule has 10 atom stereocenters. The van der Waals surface area contributed by atoms with Crippen LogP contribution in [0, 0.1) is 47.3 Å². The molecule has 0 bridgehead atoms. The minimum atomic E-state index is -1.26. The Bertz CT molecular complexity index is 668. The van der Waals surface area contributed by atoms with Gasteiger partial charge in [-0.05, 0) is 97.0 Å². The van der Waals surface area contributed by atoms with E-state index >= 15 is 0 Å². The molecule has 0 radical (unpaired) electrons. The highest BCUT2D eigenvalue weighted by molar-refractivity contribution is 7.41. The van der Waals surface area contributed by atoms with Gasteiger partial charge in [-0.1, -0.05) is 97.8 Å². The smallest absolute Gasteiger partial charge is 0.0449 e. The Balaban J connectivity index is 1.37. The Morgan fingerprint density at radius 1 is 0.606 bits per heavy atom. The average molecular weight is 487 g/mol. The standard InChI is InChI=1S/C31H58Si2/c1-7-12-22(2)29-21-31(27-16-11-10-15-25(27)29)33(5,6)32(3,4)30-20-19-26-24-14-9-8-13-23(24)17-18-28(26)30/h22-31H,7-21H2,1-6H3. The van der Waals surface area contributed by atoms with Gasteiger partial charge >= 0.3 is 0 Å². The first-order valence-electron chi connectivity index (χ1n) is 15.8. The van der Waals surface area contributed by atoms with Gasteiger partial charge in [-0.2, -0.15) is 0 Å². The fourth-order valence-corrected chi connectivity index (χ4v) is 25.9. The van der Waals surface area contributed by atoms with Gasteiger partial charge in [0.15, 0.2) is 0 Å². The highest BCUT2D eigenvalue weighted by Crippen LogP contribution is 2.64. The molecule has 0 aromatic rings. The van der Waals surface area contributed by atoms with Crippen molar-refractivity contribution in [1.29, 1.82) is 0 Å². The van der Waals surface area contributed by atoms with Gasteiger partial charge in [0.25, 0.3) is 0 Å². The first-order chi connectivity index (χ1) is 15.8. The molecular weight excluding hydrogens is 429 g/mol. The average Bonchev–Trinajstić information content (AvgIpc) is 3.42. The maximum absolute atomic E-state index is 2.96. The number of rotatable bonds is 6. The van der Waals surface area contributed by atoms with Crippen LogP contribution in [0.15, 0.2) is 0 Å². The molecule has 2 heteroatoms. The Morgan fingerprint density at radius 3 is 1.91 bits per heavy atom. The highest BCUT2D eigenvalue weighted by atomic mass is 29.3. The maximum Gasteiger partial charge on any atom is 0.0449 e. The van der Waals surface area contributed by atoms with Gasteiger partial charge in [-0.25, -0.2) is 0 Å². The minimum Gasteiger partial charge on any atom is -0.0711 e. The van der Waals surface area contributed by atoms with Crippen molar-refractivity contribution in [2.45, 2.75) is 147 Å². The summed E-state index contributed by atoms with van der Waals surface area (Å²) in [6.07, 6.45) is 23.6. The Morgan fingerprint density at radius 2 is 1.18 bits per heavy atom. The highest BCUT2D eigenvalue weighted by Gasteiger charge is 2.61. The lowest BCUT2D eigenvalue weighted by Gasteiger charge is -2.53. The molecule has 33 heavy (non-hydrogen) atoms. The van der Waals surface area contributed by atoms with Crippen LogP contribution in [-0.2, 0) is 0 Å². The maximum atomic E-state index is 2.96. The summed E-state index contributed by atoms with van der Waals surface area (Å²) in [6.45, 7) is 16.9. The van der Waals surface area contributed by atoms with Crippen molar-refractivity contribution in [3.63, 3.8) is 0 Å². The van der Waals surface area contributed by atoms with Crippen LogP contribution in [0.5, 0.6) is 0 Å². The van der Waals surface area contributed by atoms with Gasteiger partial charge in [0, 0.05) is 15.2 Å². The molecule has 0 amide bonds. The summed E-state index contributed by atoms with van der Waals surface area (Å²) < 4.78 is 0. The lowest BCUT2D eigenvalue weighted by atomic mass is 9.62. The number of hydrogen-bond donors (Lipinski definition) is 0. The Hall–Kier alpha value is 0.434. The van der Waals surface area contributed by atoms with Crippen LogP contribution >= 0.6 is 0 Å². The summed E-state index contributed by atoms with van der Waals surface area (Å²) in [6, 6.07) is 0. The van der Waals surface area contributed by atoms with Gasteiger partial charge in [0.1, 0.15) is 0 Å². The third-order valence-electron chi connectivity index (χ3n) is 13.7. The number of hydrogen-bond acceptors (Lipinski definition) is 0. The molecule has 0 N–H and O–H groups in total. The van der Waals surface area contributed by atoms with Crippen molar-refractivity contribution in [1.82, 2.24) is 0 Å². The monoisotopic (exact) mass is 486 g/mol. The van der Waals surface area contributed by atoms with Gasteiger partial charge in [0.05, 0.1) is 0 Å². The van der Waals surface area contributed by atoms with E-state index in [1.807, 2.05) is 0 Å². The Kier molecular flexibility index (Phi) is 7.39. The van der Waals surface area contributed by atoms with Crippen LogP contribution in [-0.4, -0.2) is 15.2 Å². The second-order valence-electron chi connectivity index (χ2n) is 15.1. The van der Waals surface area contributed by atoms with Crippen LogP contribution < -0.4 is 0 Å². The van der Waals surface area contributed by atoms with E-state index in [0.717, 1.165) is 47.3 Å². The van der Waals surface area contributed by atoms with E-state index in [-0.39, 0.29) is 0 Å². The molecule has 0 aliphatic heterocycles. The zero-order valence-corrected chi connectivity index (χ0v) is 25.4. The molecule has 10 unspecified atom stereocenters. The van der Waals surface area contributed by atoms with Crippen molar-refractivity contribution in [3.8, 4) is 0 Å². The van der Waals surface area contributed by atoms with Crippen LogP contribution in [0.3, 0.4) is 0 Å². The molecule has 0 heterocycles. The SMILES string of the molecule is CCCC(C)C1CC([Si](C)(C)[Si](C)(C)C2CCC3C4CCCCC4CCC32)C2CCCCC12. The van der Waals surface area contributed by atoms with Crippen molar-refractivity contribution in [2.24, 2.45) is 47.3 Å². The molecule has 0 aromatic heterocycles. The van der Waals surface area contributed by atoms with Crippen LogP contribution in [0.4, 0.5) is 0 Å². The van der Waals surface area contributed by atoms with Crippen LogP contribution in [0.2, 0.25) is 37.3 Å². The van der Waals surface area contributed by atoms with Gasteiger partial charge in [-0.15, -0.1) is 0 Å². The summed E-state index contributed by atoms with van der Waals surface area (Å²) in [4.78, 5) is 0. The largest absolute Gasteiger partial charge is 0.0711 e. The van der Waals surface area contributed by atoms with E-state index in [2.05, 4.69) is 40.0 Å². The molecule has 190 valence electrons. The molecule has 5 aliphatic carbocycles. The van der Waals surface area contributed by atoms with E-state index in [1.165, 1.54) is 23.9 Å². The molecule has 0 saturated heterocycles. The topological polar surface area (TPSA) is 0 Å². The molecular formula is C31H58Si2. The van der Waals surface area contributed by atoms with Crippen LogP contribution in [0.1, 0.15) is 110 Å². The first kappa shape index (κ1) is 25.1. The predicted octanol–water partition coefficient (Wildman–Crippen LogP) is 10.1. The van der Waals surface area contributed by atoms with E-state index in [4.69, 9.17) is 0 Å². The summed E-state index contributed by atoms with van der Waals surface area (Å²) in [5.74, 6) is 8.87. The summed E-state index contributed by atoms with van der Waals surface area (Å²) in [5.41, 5.74) is 2.35. The zero-order chi connectivity index (χ0) is 23.4. The lowest BCUT2D eigenvalue weighted by Crippen LogP contribution is -2.62. The molecule has 5 aliphatic rings. The molecule has 0 spiro atoms. The fraction of sp³-hybridized carbons (Fsp3) is 1.00. The van der Waals surface area contributed by atoms with Gasteiger partial charge < -0.3 is 0 Å². The molecule has 5 saturated carbocycles. The minimum absolute atomic E-state index is 0.984. The predicted molar refractivity (Wildman–Crippen MR) is 151 cm³/mol. The van der Waals surface area contributed by atoms with E-state index < -0.39 is 15.2 Å². The summed E-state index contributed by atoms with van der Waals surface area (Å²) in [7, 11) is -2.51. The molecule has 0 nitrogen and oxygen atoms in total. The third-order valence-corrected chi connectivity index (χ3v) is 34.3. The molecule has 0 aromatic carbocycles. The molecule has 5 rings (SSSR count). The summed E-state index contributed by atoms with van der Waals surface area (Å²) >= 11 is 0. The Labute approximate surface area is 209 Å². The summed E-state index contributed by atoms with van der Waals surface area (Å²) in [5, 5.41) is 0. The fourth-order valence-electron chi connectivity index (χ4n) is 11.5. The zero-order valence-electron chi connectivity index (χ0n) is 23.4. The lowest BCUT2D eigenvalue weighted by molar-refractivity contribution is 0.0725. The van der Waals surface area contributed by atoms with Gasteiger partial charge in [-0.3, -0.25) is 0 Å². The van der Waals surface area contributed by atoms with Crippen molar-refractivity contribution in [3.05, 3.63) is 0 Å².